The number of unbranched alkanes of at least 4 members (excludes halogenated alkanes) is 3. The summed E-state index contributed by atoms with van der Waals surface area (Å²) in [5, 5.41) is 0. The predicted molar refractivity (Wildman–Crippen MR) is 68.3 cm³/mol. The van der Waals surface area contributed by atoms with E-state index in [1.807, 2.05) is 6.08 Å². The molecule has 16 heavy (non-hydrogen) atoms. The molecule has 1 atom stereocenters. The average molecular weight is 224 g/mol. The fraction of sp³-hybridized carbons (Fsp3) is 0.643. The van der Waals surface area contributed by atoms with Crippen LogP contribution < -0.4 is 0 Å². The molecule has 0 rings (SSSR count). The maximum absolute atomic E-state index is 10.8. The van der Waals surface area contributed by atoms with Crippen molar-refractivity contribution in [3.63, 3.8) is 0 Å². The molecule has 0 amide bonds. The van der Waals surface area contributed by atoms with Crippen molar-refractivity contribution in [3.8, 4) is 0 Å². The van der Waals surface area contributed by atoms with Crippen LogP contribution in [0.2, 0.25) is 0 Å². The van der Waals surface area contributed by atoms with Gasteiger partial charge in [-0.3, -0.25) is 4.79 Å². The maximum Gasteiger partial charge on any atom is 0.302 e. The summed E-state index contributed by atoms with van der Waals surface area (Å²) in [4.78, 5) is 10.8. The monoisotopic (exact) mass is 224 g/mol. The van der Waals surface area contributed by atoms with Crippen molar-refractivity contribution < 1.29 is 9.53 Å². The fourth-order valence-electron chi connectivity index (χ4n) is 1.58. The van der Waals surface area contributed by atoms with E-state index in [9.17, 15) is 4.79 Å². The molecule has 1 unspecified atom stereocenters. The van der Waals surface area contributed by atoms with E-state index in [-0.39, 0.29) is 12.1 Å². The van der Waals surface area contributed by atoms with Crippen LogP contribution in [0.4, 0.5) is 0 Å². The summed E-state index contributed by atoms with van der Waals surface area (Å²) in [6.07, 6.45) is 12.6. The number of hydrogen-bond acceptors (Lipinski definition) is 2. The molecule has 0 spiro atoms. The van der Waals surface area contributed by atoms with E-state index in [4.69, 9.17) is 4.74 Å². The number of allylic oxidation sites excluding steroid dienone is 3. The molecule has 0 aromatic rings. The first-order valence-electron chi connectivity index (χ1n) is 6.15. The number of hydrogen-bond donors (Lipinski definition) is 0. The smallest absolute Gasteiger partial charge is 0.302 e. The number of carbonyl (C=O) groups excluding carboxylic acids is 1. The number of esters is 1. The molecule has 92 valence electrons. The molecular formula is C14H24O2. The van der Waals surface area contributed by atoms with E-state index in [1.165, 1.54) is 19.8 Å². The lowest BCUT2D eigenvalue weighted by molar-refractivity contribution is -0.146. The second-order valence-electron chi connectivity index (χ2n) is 3.94. The molecule has 0 bridgehead atoms. The molecule has 0 aromatic heterocycles. The van der Waals surface area contributed by atoms with Crippen molar-refractivity contribution in [2.24, 2.45) is 0 Å². The lowest BCUT2D eigenvalue weighted by atomic mass is 10.1. The van der Waals surface area contributed by atoms with Crippen molar-refractivity contribution in [1.82, 2.24) is 0 Å². The molecule has 0 heterocycles. The largest absolute Gasteiger partial charge is 0.463 e. The van der Waals surface area contributed by atoms with Crippen LogP contribution in [0.25, 0.3) is 0 Å². The Morgan fingerprint density at radius 2 is 2.12 bits per heavy atom. The molecule has 0 N–H and O–H groups in total. The third-order valence-electron chi connectivity index (χ3n) is 2.46. The molecule has 0 saturated heterocycles. The zero-order valence-corrected chi connectivity index (χ0v) is 10.6. The Labute approximate surface area is 99.4 Å². The Hall–Kier alpha value is -1.05. The van der Waals surface area contributed by atoms with Gasteiger partial charge in [0.05, 0.1) is 0 Å². The maximum atomic E-state index is 10.8. The van der Waals surface area contributed by atoms with Gasteiger partial charge >= 0.3 is 5.97 Å². The normalized spacial score (nSPS) is 12.6. The molecule has 0 aromatic carbocycles. The summed E-state index contributed by atoms with van der Waals surface area (Å²) in [5.74, 6) is -0.166. The van der Waals surface area contributed by atoms with Gasteiger partial charge in [0.2, 0.25) is 0 Å². The Kier molecular flexibility index (Phi) is 9.78. The van der Waals surface area contributed by atoms with Gasteiger partial charge in [-0.15, -0.1) is 0 Å². The first-order valence-corrected chi connectivity index (χ1v) is 6.15. The molecule has 2 nitrogen and oxygen atoms in total. The van der Waals surface area contributed by atoms with Gasteiger partial charge in [-0.25, -0.2) is 0 Å². The molecule has 0 aliphatic rings. The van der Waals surface area contributed by atoms with Gasteiger partial charge in [0, 0.05) is 6.92 Å². The highest BCUT2D eigenvalue weighted by Gasteiger charge is 2.08. The number of ether oxygens (including phenoxy) is 1. The zero-order valence-electron chi connectivity index (χ0n) is 10.6. The minimum Gasteiger partial charge on any atom is -0.463 e. The Bertz CT molecular complexity index is 219. The van der Waals surface area contributed by atoms with Crippen molar-refractivity contribution in [2.75, 3.05) is 0 Å². The quantitative estimate of drug-likeness (QED) is 0.336. The topological polar surface area (TPSA) is 26.3 Å². The highest BCUT2D eigenvalue weighted by molar-refractivity contribution is 5.66. The van der Waals surface area contributed by atoms with Crippen LogP contribution in [0.3, 0.4) is 0 Å². The van der Waals surface area contributed by atoms with Crippen LogP contribution in [0.15, 0.2) is 24.8 Å². The molecule has 2 heteroatoms. The first-order chi connectivity index (χ1) is 7.70. The third-order valence-corrected chi connectivity index (χ3v) is 2.46. The van der Waals surface area contributed by atoms with Crippen LogP contribution in [-0.2, 0) is 9.53 Å². The van der Waals surface area contributed by atoms with Gasteiger partial charge in [-0.1, -0.05) is 38.2 Å². The molecule has 0 aliphatic heterocycles. The minimum absolute atomic E-state index is 0.112. The second kappa shape index (κ2) is 10.5. The van der Waals surface area contributed by atoms with Gasteiger partial charge in [0.1, 0.15) is 6.10 Å². The van der Waals surface area contributed by atoms with Gasteiger partial charge < -0.3 is 4.74 Å². The summed E-state index contributed by atoms with van der Waals surface area (Å²) in [5.41, 5.74) is 0. The molecular weight excluding hydrogens is 200 g/mol. The minimum atomic E-state index is -0.166. The summed E-state index contributed by atoms with van der Waals surface area (Å²) in [7, 11) is 0. The third kappa shape index (κ3) is 9.50. The summed E-state index contributed by atoms with van der Waals surface area (Å²) >= 11 is 0. The van der Waals surface area contributed by atoms with Crippen LogP contribution >= 0.6 is 0 Å². The molecule has 0 radical (unpaired) electrons. The van der Waals surface area contributed by atoms with E-state index in [0.29, 0.717) is 0 Å². The Morgan fingerprint density at radius 1 is 1.38 bits per heavy atom. The van der Waals surface area contributed by atoms with E-state index in [0.717, 1.165) is 25.7 Å². The van der Waals surface area contributed by atoms with Gasteiger partial charge in [-0.2, -0.15) is 0 Å². The second-order valence-corrected chi connectivity index (χ2v) is 3.94. The predicted octanol–water partition coefficient (Wildman–Crippen LogP) is 4.02. The van der Waals surface area contributed by atoms with Crippen LogP contribution in [0.1, 0.15) is 52.4 Å². The first kappa shape index (κ1) is 14.9. The lowest BCUT2D eigenvalue weighted by Crippen LogP contribution is -2.14. The zero-order chi connectivity index (χ0) is 12.2. The van der Waals surface area contributed by atoms with Crippen molar-refractivity contribution in [3.05, 3.63) is 24.8 Å². The van der Waals surface area contributed by atoms with Crippen molar-refractivity contribution >= 4 is 5.97 Å². The summed E-state index contributed by atoms with van der Waals surface area (Å²) in [6, 6.07) is 0. The van der Waals surface area contributed by atoms with Gasteiger partial charge in [-0.05, 0) is 32.1 Å². The molecule has 0 saturated carbocycles. The summed E-state index contributed by atoms with van der Waals surface area (Å²) in [6.45, 7) is 7.15. The highest BCUT2D eigenvalue weighted by atomic mass is 16.5. The average Bonchev–Trinajstić information content (AvgIpc) is 2.25. The lowest BCUT2D eigenvalue weighted by Gasteiger charge is -2.14. The van der Waals surface area contributed by atoms with Crippen LogP contribution in [0.5, 0.6) is 0 Å². The van der Waals surface area contributed by atoms with Crippen molar-refractivity contribution in [1.29, 1.82) is 0 Å². The van der Waals surface area contributed by atoms with Crippen molar-refractivity contribution in [2.45, 2.75) is 58.5 Å². The summed E-state index contributed by atoms with van der Waals surface area (Å²) < 4.78 is 5.18. The van der Waals surface area contributed by atoms with Gasteiger partial charge in [0.15, 0.2) is 0 Å². The SMILES string of the molecule is C=C/C=C/CCCCCC(CC)OC(C)=O. The van der Waals surface area contributed by atoms with E-state index in [2.05, 4.69) is 19.6 Å². The van der Waals surface area contributed by atoms with E-state index < -0.39 is 0 Å². The Balaban J connectivity index is 3.44. The fourth-order valence-corrected chi connectivity index (χ4v) is 1.58. The van der Waals surface area contributed by atoms with E-state index >= 15 is 0 Å². The standard InChI is InChI=1S/C14H24O2/c1-4-6-7-8-9-10-11-12-14(5-2)16-13(3)15/h4,6-7,14H,1,5,8-12H2,2-3H3/b7-6+. The van der Waals surface area contributed by atoms with E-state index in [1.54, 1.807) is 6.08 Å². The van der Waals surface area contributed by atoms with Crippen LogP contribution in [-0.4, -0.2) is 12.1 Å². The Morgan fingerprint density at radius 3 is 2.69 bits per heavy atom. The van der Waals surface area contributed by atoms with Gasteiger partial charge in [0.25, 0.3) is 0 Å². The van der Waals surface area contributed by atoms with Crippen LogP contribution in [0, 0.1) is 0 Å². The molecule has 0 fully saturated rings. The number of rotatable bonds is 9. The highest BCUT2D eigenvalue weighted by Crippen LogP contribution is 2.11. The molecule has 0 aliphatic carbocycles. The number of carbonyl (C=O) groups is 1.